The highest BCUT2D eigenvalue weighted by Gasteiger charge is 2.53. The Morgan fingerprint density at radius 2 is 1.64 bits per heavy atom. The van der Waals surface area contributed by atoms with Crippen LogP contribution in [0.25, 0.3) is 5.69 Å². The number of carbonyl (C=O) groups excluding carboxylic acids is 3. The van der Waals surface area contributed by atoms with Gasteiger partial charge in [-0.3, -0.25) is 19.3 Å². The second-order valence-electron chi connectivity index (χ2n) is 14.0. The number of nitrogens with one attached hydrogen (secondary N) is 1. The van der Waals surface area contributed by atoms with Crippen molar-refractivity contribution in [3.63, 3.8) is 0 Å². The standard InChI is InChI=1S/C36H52N6O3/c1-4-5-21-41-34(44)32(24-28-11-7-6-8-12-28)37-35(45)36(41)17-22-39(23-18-36)25-31-26(2)38-42(27(31)3)30-15-13-29(14-16-30)33(43)40-19-9-10-20-40/h13-16,28,32H,4-12,17-25H2,1-3H3,(H,37,45). The van der Waals surface area contributed by atoms with E-state index in [-0.39, 0.29) is 23.8 Å². The summed E-state index contributed by atoms with van der Waals surface area (Å²) >= 11 is 0. The van der Waals surface area contributed by atoms with E-state index in [1.54, 1.807) is 0 Å². The molecule has 3 aliphatic heterocycles. The second kappa shape index (κ2) is 13.7. The Morgan fingerprint density at radius 1 is 0.956 bits per heavy atom. The van der Waals surface area contributed by atoms with Gasteiger partial charge in [0.2, 0.25) is 11.8 Å². The maximum atomic E-state index is 13.9. The zero-order chi connectivity index (χ0) is 31.6. The number of aromatic nitrogens is 2. The van der Waals surface area contributed by atoms with E-state index >= 15 is 0 Å². The van der Waals surface area contributed by atoms with Crippen molar-refractivity contribution >= 4 is 17.7 Å². The first kappa shape index (κ1) is 31.8. The number of hydrogen-bond donors (Lipinski definition) is 1. The van der Waals surface area contributed by atoms with E-state index in [4.69, 9.17) is 5.10 Å². The molecule has 4 heterocycles. The number of benzene rings is 1. The van der Waals surface area contributed by atoms with E-state index in [0.717, 1.165) is 87.5 Å². The molecule has 1 unspecified atom stereocenters. The van der Waals surface area contributed by atoms with Crippen LogP contribution < -0.4 is 5.32 Å². The predicted octanol–water partition coefficient (Wildman–Crippen LogP) is 5.16. The van der Waals surface area contributed by atoms with Gasteiger partial charge in [-0.1, -0.05) is 45.4 Å². The van der Waals surface area contributed by atoms with Gasteiger partial charge in [0.25, 0.3) is 5.91 Å². The number of amides is 3. The summed E-state index contributed by atoms with van der Waals surface area (Å²) in [4.78, 5) is 46.9. The van der Waals surface area contributed by atoms with Gasteiger partial charge in [-0.2, -0.15) is 5.10 Å². The lowest BCUT2D eigenvalue weighted by molar-refractivity contribution is -0.162. The maximum absolute atomic E-state index is 13.9. The molecule has 244 valence electrons. The summed E-state index contributed by atoms with van der Waals surface area (Å²) in [6, 6.07) is 7.43. The van der Waals surface area contributed by atoms with Crippen LogP contribution in [0.5, 0.6) is 0 Å². The monoisotopic (exact) mass is 616 g/mol. The first-order valence-corrected chi connectivity index (χ1v) is 17.6. The van der Waals surface area contributed by atoms with Gasteiger partial charge in [-0.15, -0.1) is 0 Å². The van der Waals surface area contributed by atoms with E-state index in [1.807, 2.05) is 38.7 Å². The smallest absolute Gasteiger partial charge is 0.253 e. The molecule has 1 spiro atoms. The van der Waals surface area contributed by atoms with Crippen molar-refractivity contribution in [1.82, 2.24) is 29.8 Å². The van der Waals surface area contributed by atoms with Crippen molar-refractivity contribution < 1.29 is 14.4 Å². The lowest BCUT2D eigenvalue weighted by atomic mass is 9.79. The lowest BCUT2D eigenvalue weighted by Crippen LogP contribution is -2.73. The lowest BCUT2D eigenvalue weighted by Gasteiger charge is -2.52. The Balaban J connectivity index is 1.12. The van der Waals surface area contributed by atoms with Gasteiger partial charge in [0.15, 0.2) is 0 Å². The van der Waals surface area contributed by atoms with Gasteiger partial charge in [0.1, 0.15) is 11.6 Å². The highest BCUT2D eigenvalue weighted by molar-refractivity contribution is 6.00. The molecule has 1 atom stereocenters. The molecule has 1 aromatic carbocycles. The Morgan fingerprint density at radius 3 is 2.31 bits per heavy atom. The molecule has 3 saturated heterocycles. The SMILES string of the molecule is CCCCN1C(=O)C(CC2CCCCC2)NC(=O)C12CCN(Cc1c(C)nn(-c3ccc(C(=O)N4CCCC4)cc3)c1C)CC2. The second-order valence-corrected chi connectivity index (χ2v) is 14.0. The number of hydrogen-bond acceptors (Lipinski definition) is 5. The quantitative estimate of drug-likeness (QED) is 0.421. The van der Waals surface area contributed by atoms with E-state index in [1.165, 1.54) is 37.7 Å². The number of unbranched alkanes of at least 4 members (excludes halogenated alkanes) is 1. The van der Waals surface area contributed by atoms with E-state index in [2.05, 4.69) is 31.0 Å². The minimum absolute atomic E-state index is 0.0607. The van der Waals surface area contributed by atoms with Crippen LogP contribution in [-0.4, -0.2) is 86.5 Å². The van der Waals surface area contributed by atoms with Crippen molar-refractivity contribution in [1.29, 1.82) is 0 Å². The molecule has 4 fully saturated rings. The molecule has 1 aromatic heterocycles. The molecular weight excluding hydrogens is 564 g/mol. The minimum atomic E-state index is -0.742. The van der Waals surface area contributed by atoms with Gasteiger partial charge in [-0.25, -0.2) is 4.68 Å². The van der Waals surface area contributed by atoms with Gasteiger partial charge in [-0.05, 0) is 82.6 Å². The Hall–Kier alpha value is -3.20. The molecule has 4 aliphatic rings. The summed E-state index contributed by atoms with van der Waals surface area (Å²) in [5.41, 5.74) is 4.21. The highest BCUT2D eigenvalue weighted by atomic mass is 16.2. The molecule has 9 nitrogen and oxygen atoms in total. The van der Waals surface area contributed by atoms with Crippen LogP contribution in [0.3, 0.4) is 0 Å². The topological polar surface area (TPSA) is 90.8 Å². The molecule has 0 radical (unpaired) electrons. The van der Waals surface area contributed by atoms with Crippen molar-refractivity contribution in [2.45, 2.75) is 116 Å². The Kier molecular flexibility index (Phi) is 9.64. The summed E-state index contributed by atoms with van der Waals surface area (Å²) in [5.74, 6) is 0.852. The minimum Gasteiger partial charge on any atom is -0.342 e. The van der Waals surface area contributed by atoms with Crippen molar-refractivity contribution in [3.05, 3.63) is 46.8 Å². The van der Waals surface area contributed by atoms with Crippen LogP contribution in [0.1, 0.15) is 111 Å². The highest BCUT2D eigenvalue weighted by Crippen LogP contribution is 2.36. The van der Waals surface area contributed by atoms with Crippen LogP contribution in [0, 0.1) is 19.8 Å². The fourth-order valence-corrected chi connectivity index (χ4v) is 8.24. The van der Waals surface area contributed by atoms with Gasteiger partial charge in [0, 0.05) is 56.1 Å². The van der Waals surface area contributed by atoms with Crippen LogP contribution in [-0.2, 0) is 16.1 Å². The molecule has 1 N–H and O–H groups in total. The molecule has 0 bridgehead atoms. The molecule has 45 heavy (non-hydrogen) atoms. The first-order chi connectivity index (χ1) is 21.8. The molecule has 1 saturated carbocycles. The molecule has 1 aliphatic carbocycles. The van der Waals surface area contributed by atoms with Crippen LogP contribution in [0.2, 0.25) is 0 Å². The number of nitrogens with zero attached hydrogens (tertiary/aromatic N) is 5. The Labute approximate surface area is 268 Å². The normalized spacial score (nSPS) is 22.8. The van der Waals surface area contributed by atoms with E-state index < -0.39 is 5.54 Å². The summed E-state index contributed by atoms with van der Waals surface area (Å²) in [6.45, 7) is 10.9. The van der Waals surface area contributed by atoms with Crippen molar-refractivity contribution in [2.75, 3.05) is 32.7 Å². The zero-order valence-electron chi connectivity index (χ0n) is 27.7. The fraction of sp³-hybridized carbons (Fsp3) is 0.667. The number of rotatable bonds is 9. The third-order valence-electron chi connectivity index (χ3n) is 11.1. The summed E-state index contributed by atoms with van der Waals surface area (Å²) < 4.78 is 1.98. The number of carbonyl (C=O) groups is 3. The third-order valence-corrected chi connectivity index (χ3v) is 11.1. The summed E-state index contributed by atoms with van der Waals surface area (Å²) in [7, 11) is 0. The van der Waals surface area contributed by atoms with Gasteiger partial charge in [0.05, 0.1) is 11.4 Å². The number of aryl methyl sites for hydroxylation is 1. The van der Waals surface area contributed by atoms with Crippen LogP contribution in [0.4, 0.5) is 0 Å². The number of piperidine rings is 1. The number of piperazine rings is 1. The van der Waals surface area contributed by atoms with E-state index in [0.29, 0.717) is 25.3 Å². The number of likely N-dealkylation sites (tertiary alicyclic amines) is 2. The molecule has 6 rings (SSSR count). The average molecular weight is 617 g/mol. The fourth-order valence-electron chi connectivity index (χ4n) is 8.24. The molecule has 9 heteroatoms. The molecular formula is C36H52N6O3. The van der Waals surface area contributed by atoms with Gasteiger partial charge >= 0.3 is 0 Å². The molecule has 2 aromatic rings. The van der Waals surface area contributed by atoms with Crippen LogP contribution >= 0.6 is 0 Å². The maximum Gasteiger partial charge on any atom is 0.253 e. The van der Waals surface area contributed by atoms with E-state index in [9.17, 15) is 14.4 Å². The van der Waals surface area contributed by atoms with Crippen LogP contribution in [0.15, 0.2) is 24.3 Å². The zero-order valence-corrected chi connectivity index (χ0v) is 27.7. The largest absolute Gasteiger partial charge is 0.342 e. The first-order valence-electron chi connectivity index (χ1n) is 17.6. The molecule has 3 amide bonds. The Bertz CT molecular complexity index is 1360. The van der Waals surface area contributed by atoms with Gasteiger partial charge < -0.3 is 15.1 Å². The summed E-state index contributed by atoms with van der Waals surface area (Å²) in [6.07, 6.45) is 12.3. The third kappa shape index (κ3) is 6.42. The van der Waals surface area contributed by atoms with Crippen molar-refractivity contribution in [2.24, 2.45) is 5.92 Å². The van der Waals surface area contributed by atoms with Crippen molar-refractivity contribution in [3.8, 4) is 5.69 Å². The predicted molar refractivity (Wildman–Crippen MR) is 175 cm³/mol. The average Bonchev–Trinajstić information content (AvgIpc) is 3.70. The summed E-state index contributed by atoms with van der Waals surface area (Å²) in [5, 5.41) is 8.11.